The number of aryl methyl sites for hydroxylation is 1. The van der Waals surface area contributed by atoms with Crippen LogP contribution in [0.5, 0.6) is 5.75 Å². The molecule has 0 radical (unpaired) electrons. The van der Waals surface area contributed by atoms with E-state index in [1.165, 1.54) is 0 Å². The Hall–Kier alpha value is -2.84. The van der Waals surface area contributed by atoms with Crippen LogP contribution in [0.3, 0.4) is 0 Å². The Kier molecular flexibility index (Phi) is 10.5. The van der Waals surface area contributed by atoms with Crippen LogP contribution in [0.25, 0.3) is 11.1 Å². The first kappa shape index (κ1) is 31.1. The fourth-order valence-corrected chi connectivity index (χ4v) is 8.12. The number of halogens is 1. The monoisotopic (exact) mass is 641 g/mol. The lowest BCUT2D eigenvalue weighted by molar-refractivity contribution is -0.143. The molecule has 0 aliphatic carbocycles. The average molecular weight is 643 g/mol. The van der Waals surface area contributed by atoms with Crippen LogP contribution in [-0.2, 0) is 26.0 Å². The van der Waals surface area contributed by atoms with Crippen LogP contribution in [0.2, 0.25) is 0 Å². The predicted octanol–water partition coefficient (Wildman–Crippen LogP) is 8.54. The predicted molar refractivity (Wildman–Crippen MR) is 168 cm³/mol. The number of rotatable bonds is 13. The molecule has 1 atom stereocenters. The number of benzene rings is 3. The highest BCUT2D eigenvalue weighted by Gasteiger charge is 2.39. The Morgan fingerprint density at radius 1 is 0.976 bits per heavy atom. The van der Waals surface area contributed by atoms with Gasteiger partial charge in [-0.1, -0.05) is 66.4 Å². The van der Waals surface area contributed by atoms with Crippen LogP contribution in [0, 0.1) is 6.92 Å². The minimum Gasteiger partial charge on any atom is -0.496 e. The van der Waals surface area contributed by atoms with E-state index >= 15 is 0 Å². The molecule has 3 aromatic carbocycles. The molecule has 0 amide bonds. The number of ether oxygens (including phenoxy) is 2. The van der Waals surface area contributed by atoms with E-state index in [0.29, 0.717) is 25.2 Å². The van der Waals surface area contributed by atoms with Gasteiger partial charge in [0.2, 0.25) is 0 Å². The molecule has 0 spiro atoms. The number of anilines is 1. The Bertz CT molecular complexity index is 1490. The van der Waals surface area contributed by atoms with Gasteiger partial charge in [-0.3, -0.25) is 9.10 Å². The summed E-state index contributed by atoms with van der Waals surface area (Å²) in [5, 5.41) is 0. The Morgan fingerprint density at radius 2 is 1.71 bits per heavy atom. The molecule has 0 aromatic heterocycles. The lowest BCUT2D eigenvalue weighted by Gasteiger charge is -2.40. The van der Waals surface area contributed by atoms with Crippen molar-refractivity contribution in [2.75, 3.05) is 18.0 Å². The van der Waals surface area contributed by atoms with Crippen molar-refractivity contribution in [1.29, 1.82) is 0 Å². The van der Waals surface area contributed by atoms with Crippen molar-refractivity contribution >= 4 is 37.6 Å². The van der Waals surface area contributed by atoms with Gasteiger partial charge in [-0.2, -0.15) is 0 Å². The van der Waals surface area contributed by atoms with Gasteiger partial charge in [0.05, 0.1) is 30.3 Å². The summed E-state index contributed by atoms with van der Waals surface area (Å²) in [7, 11) is -2.29. The molecular weight excluding hydrogens is 602 g/mol. The second-order valence-corrected chi connectivity index (χ2v) is 13.1. The third-order valence-electron chi connectivity index (χ3n) is 7.77. The summed E-state index contributed by atoms with van der Waals surface area (Å²) < 4.78 is 41.8. The zero-order chi connectivity index (χ0) is 29.6. The smallest absolute Gasteiger partial charge is 0.305 e. The van der Waals surface area contributed by atoms with E-state index in [2.05, 4.69) is 28.1 Å². The standard InChI is InChI=1S/C33H40BrNO5S/c1-5-29-25-14-12-13-15-26(25)33-27(16-10-8-7-9-11-17-32(36)40-6-2)28(34)19-20-30(33)35(29)41(37,38)24-18-21-31(39-4)23(3)22-24/h12-15,18-22,29H,5-11,16-17H2,1-4H3. The number of methoxy groups -OCH3 is 1. The highest BCUT2D eigenvalue weighted by molar-refractivity contribution is 9.10. The van der Waals surface area contributed by atoms with Crippen LogP contribution >= 0.6 is 15.9 Å². The van der Waals surface area contributed by atoms with Gasteiger partial charge in [0.1, 0.15) is 5.75 Å². The van der Waals surface area contributed by atoms with Gasteiger partial charge in [-0.25, -0.2) is 8.42 Å². The van der Waals surface area contributed by atoms with E-state index in [1.54, 1.807) is 29.6 Å². The van der Waals surface area contributed by atoms with Gasteiger partial charge < -0.3 is 9.47 Å². The summed E-state index contributed by atoms with van der Waals surface area (Å²) in [6.07, 6.45) is 6.80. The Morgan fingerprint density at radius 3 is 2.41 bits per heavy atom. The van der Waals surface area contributed by atoms with E-state index in [9.17, 15) is 13.2 Å². The summed E-state index contributed by atoms with van der Waals surface area (Å²) in [6, 6.07) is 16.8. The summed E-state index contributed by atoms with van der Waals surface area (Å²) in [5.74, 6) is 0.535. The number of hydrogen-bond acceptors (Lipinski definition) is 5. The maximum absolute atomic E-state index is 14.4. The molecule has 0 N–H and O–H groups in total. The molecule has 1 unspecified atom stereocenters. The van der Waals surface area contributed by atoms with Crippen LogP contribution < -0.4 is 9.04 Å². The van der Waals surface area contributed by atoms with Crippen molar-refractivity contribution in [2.45, 2.75) is 83.1 Å². The number of nitrogens with zero attached hydrogens (tertiary/aromatic N) is 1. The minimum absolute atomic E-state index is 0.124. The molecular formula is C33H40BrNO5S. The van der Waals surface area contributed by atoms with E-state index in [1.807, 2.05) is 45.0 Å². The molecule has 8 heteroatoms. The summed E-state index contributed by atoms with van der Waals surface area (Å²) in [6.45, 7) is 6.15. The van der Waals surface area contributed by atoms with Gasteiger partial charge in [0, 0.05) is 16.5 Å². The summed E-state index contributed by atoms with van der Waals surface area (Å²) in [5.41, 5.74) is 5.72. The second-order valence-electron chi connectivity index (χ2n) is 10.4. The molecule has 4 rings (SSSR count). The van der Waals surface area contributed by atoms with Crippen molar-refractivity contribution in [3.8, 4) is 16.9 Å². The van der Waals surface area contributed by atoms with E-state index in [4.69, 9.17) is 9.47 Å². The quantitative estimate of drug-likeness (QED) is 0.138. The fraction of sp³-hybridized carbons (Fsp3) is 0.424. The molecule has 0 bridgehead atoms. The highest BCUT2D eigenvalue weighted by Crippen LogP contribution is 2.51. The number of carbonyl (C=O) groups excluding carboxylic acids is 1. The third-order valence-corrected chi connectivity index (χ3v) is 10.3. The van der Waals surface area contributed by atoms with Crippen LogP contribution in [0.1, 0.15) is 81.5 Å². The molecule has 1 heterocycles. The molecule has 220 valence electrons. The highest BCUT2D eigenvalue weighted by atomic mass is 79.9. The first-order valence-electron chi connectivity index (χ1n) is 14.5. The topological polar surface area (TPSA) is 72.9 Å². The van der Waals surface area contributed by atoms with Crippen LogP contribution in [0.4, 0.5) is 5.69 Å². The second kappa shape index (κ2) is 13.9. The summed E-state index contributed by atoms with van der Waals surface area (Å²) >= 11 is 3.79. The number of sulfonamides is 1. The zero-order valence-electron chi connectivity index (χ0n) is 24.4. The Labute approximate surface area is 253 Å². The van der Waals surface area contributed by atoms with Crippen molar-refractivity contribution in [2.24, 2.45) is 0 Å². The van der Waals surface area contributed by atoms with Crippen molar-refractivity contribution < 1.29 is 22.7 Å². The molecule has 0 saturated heterocycles. The van der Waals surface area contributed by atoms with E-state index in [0.717, 1.165) is 76.5 Å². The van der Waals surface area contributed by atoms with Crippen LogP contribution in [-0.4, -0.2) is 28.1 Å². The lowest BCUT2D eigenvalue weighted by Crippen LogP contribution is -2.37. The SMILES string of the molecule is CCOC(=O)CCCCCCCc1c(Br)ccc2c1-c1ccccc1C(CC)N2S(=O)(=O)c1ccc(OC)c(C)c1. The molecule has 6 nitrogen and oxygen atoms in total. The van der Waals surface area contributed by atoms with Gasteiger partial charge in [-0.05, 0) is 92.1 Å². The molecule has 0 saturated carbocycles. The summed E-state index contributed by atoms with van der Waals surface area (Å²) in [4.78, 5) is 11.8. The number of esters is 1. The van der Waals surface area contributed by atoms with Crippen molar-refractivity contribution in [3.05, 3.63) is 75.8 Å². The molecule has 1 aliphatic heterocycles. The number of fused-ring (bicyclic) bond motifs is 3. The van der Waals surface area contributed by atoms with Gasteiger partial charge >= 0.3 is 5.97 Å². The van der Waals surface area contributed by atoms with E-state index < -0.39 is 10.0 Å². The fourth-order valence-electron chi connectivity index (χ4n) is 5.79. The maximum atomic E-state index is 14.4. The van der Waals surface area contributed by atoms with Crippen molar-refractivity contribution in [1.82, 2.24) is 0 Å². The lowest BCUT2D eigenvalue weighted by atomic mass is 9.85. The number of unbranched alkanes of at least 4 members (excludes halogenated alkanes) is 4. The minimum atomic E-state index is -3.88. The van der Waals surface area contributed by atoms with E-state index in [-0.39, 0.29) is 16.9 Å². The average Bonchev–Trinajstić information content (AvgIpc) is 2.96. The number of carbonyl (C=O) groups is 1. The molecule has 41 heavy (non-hydrogen) atoms. The van der Waals surface area contributed by atoms with Crippen molar-refractivity contribution in [3.63, 3.8) is 0 Å². The van der Waals surface area contributed by atoms with Crippen LogP contribution in [0.15, 0.2) is 64.0 Å². The molecule has 3 aromatic rings. The zero-order valence-corrected chi connectivity index (χ0v) is 26.8. The first-order chi connectivity index (χ1) is 19.7. The normalized spacial score (nSPS) is 14.4. The Balaban J connectivity index is 1.66. The van der Waals surface area contributed by atoms with Gasteiger partial charge in [0.25, 0.3) is 10.0 Å². The largest absolute Gasteiger partial charge is 0.496 e. The first-order valence-corrected chi connectivity index (χ1v) is 16.7. The third kappa shape index (κ3) is 6.64. The van der Waals surface area contributed by atoms with Gasteiger partial charge in [-0.15, -0.1) is 0 Å². The molecule has 0 fully saturated rings. The molecule has 1 aliphatic rings. The van der Waals surface area contributed by atoms with Gasteiger partial charge in [0.15, 0.2) is 0 Å². The maximum Gasteiger partial charge on any atom is 0.305 e. The number of hydrogen-bond donors (Lipinski definition) is 0.